The van der Waals surface area contributed by atoms with Crippen molar-refractivity contribution in [2.45, 2.75) is 40.2 Å². The largest absolute Gasteiger partial charge is 0.444 e. The summed E-state index contributed by atoms with van der Waals surface area (Å²) in [5, 5.41) is 2.44. The summed E-state index contributed by atoms with van der Waals surface area (Å²) in [6, 6.07) is 0. The first-order chi connectivity index (χ1) is 7.30. The summed E-state index contributed by atoms with van der Waals surface area (Å²) >= 11 is 0. The fourth-order valence-electron chi connectivity index (χ4n) is 1.15. The predicted molar refractivity (Wildman–Crippen MR) is 62.2 cm³/mol. The van der Waals surface area contributed by atoms with E-state index in [1.807, 2.05) is 13.8 Å². The highest BCUT2D eigenvalue weighted by atomic mass is 16.6. The van der Waals surface area contributed by atoms with Crippen molar-refractivity contribution in [3.63, 3.8) is 0 Å². The van der Waals surface area contributed by atoms with Gasteiger partial charge in [-0.2, -0.15) is 0 Å². The van der Waals surface area contributed by atoms with E-state index in [1.54, 1.807) is 25.7 Å². The molecule has 0 saturated carbocycles. The van der Waals surface area contributed by atoms with Crippen molar-refractivity contribution in [3.8, 4) is 0 Å². The molecule has 0 aliphatic rings. The molecule has 0 saturated heterocycles. The summed E-state index contributed by atoms with van der Waals surface area (Å²) in [7, 11) is 0. The van der Waals surface area contributed by atoms with Crippen LogP contribution in [0.3, 0.4) is 0 Å². The maximum atomic E-state index is 11.5. The number of nitrogens with one attached hydrogen (secondary N) is 1. The quantitative estimate of drug-likeness (QED) is 0.793. The number of nitrogens with zero attached hydrogens (tertiary/aromatic N) is 1. The summed E-state index contributed by atoms with van der Waals surface area (Å²) < 4.78 is 5.01. The lowest BCUT2D eigenvalue weighted by Crippen LogP contribution is -2.41. The third-order valence-electron chi connectivity index (χ3n) is 1.90. The van der Waals surface area contributed by atoms with E-state index in [0.717, 1.165) is 0 Å². The molecule has 2 amide bonds. The van der Waals surface area contributed by atoms with Crippen LogP contribution in [0, 0.1) is 0 Å². The smallest absolute Gasteiger partial charge is 0.408 e. The molecule has 0 unspecified atom stereocenters. The van der Waals surface area contributed by atoms with E-state index >= 15 is 0 Å². The number of amides is 2. The van der Waals surface area contributed by atoms with Gasteiger partial charge in [0.05, 0.1) is 0 Å². The minimum atomic E-state index is -0.562. The Morgan fingerprint density at radius 1 is 1.19 bits per heavy atom. The minimum absolute atomic E-state index is 0.0173. The number of rotatable bonds is 4. The van der Waals surface area contributed by atoms with Crippen molar-refractivity contribution in [3.05, 3.63) is 0 Å². The van der Waals surface area contributed by atoms with Gasteiger partial charge in [0, 0.05) is 13.1 Å². The van der Waals surface area contributed by atoms with Gasteiger partial charge < -0.3 is 15.0 Å². The zero-order valence-electron chi connectivity index (χ0n) is 10.8. The summed E-state index contributed by atoms with van der Waals surface area (Å²) in [6.45, 7) is 10.4. The Morgan fingerprint density at radius 2 is 1.69 bits per heavy atom. The Labute approximate surface area is 97.1 Å². The van der Waals surface area contributed by atoms with E-state index in [-0.39, 0.29) is 12.5 Å². The zero-order chi connectivity index (χ0) is 12.8. The van der Waals surface area contributed by atoms with Gasteiger partial charge in [-0.05, 0) is 34.6 Å². The van der Waals surface area contributed by atoms with Gasteiger partial charge in [0.1, 0.15) is 12.1 Å². The van der Waals surface area contributed by atoms with Crippen LogP contribution >= 0.6 is 0 Å². The molecule has 0 aromatic carbocycles. The number of hydrogen-bond acceptors (Lipinski definition) is 3. The second-order valence-corrected chi connectivity index (χ2v) is 4.42. The first-order valence-electron chi connectivity index (χ1n) is 5.54. The topological polar surface area (TPSA) is 58.6 Å². The van der Waals surface area contributed by atoms with E-state index in [9.17, 15) is 9.59 Å². The molecule has 0 bridgehead atoms. The van der Waals surface area contributed by atoms with Gasteiger partial charge in [0.2, 0.25) is 5.91 Å². The molecule has 0 rings (SSSR count). The molecule has 94 valence electrons. The molecule has 16 heavy (non-hydrogen) atoms. The summed E-state index contributed by atoms with van der Waals surface area (Å²) in [5.74, 6) is -0.101. The van der Waals surface area contributed by atoms with E-state index < -0.39 is 11.7 Å². The molecule has 0 fully saturated rings. The van der Waals surface area contributed by atoms with Crippen molar-refractivity contribution in [2.75, 3.05) is 19.6 Å². The monoisotopic (exact) mass is 230 g/mol. The Morgan fingerprint density at radius 3 is 2.06 bits per heavy atom. The van der Waals surface area contributed by atoms with Gasteiger partial charge in [-0.1, -0.05) is 0 Å². The van der Waals surface area contributed by atoms with Crippen molar-refractivity contribution >= 4 is 12.0 Å². The molecule has 0 aromatic heterocycles. The highest BCUT2D eigenvalue weighted by Crippen LogP contribution is 2.06. The average Bonchev–Trinajstić information content (AvgIpc) is 2.14. The van der Waals surface area contributed by atoms with Gasteiger partial charge in [0.25, 0.3) is 0 Å². The van der Waals surface area contributed by atoms with Gasteiger partial charge in [-0.25, -0.2) is 4.79 Å². The number of ether oxygens (including phenoxy) is 1. The molecule has 0 aliphatic carbocycles. The number of carbonyl (C=O) groups excluding carboxylic acids is 2. The lowest BCUT2D eigenvalue weighted by atomic mass is 10.2. The average molecular weight is 230 g/mol. The lowest BCUT2D eigenvalue weighted by molar-refractivity contribution is -0.129. The highest BCUT2D eigenvalue weighted by molar-refractivity contribution is 5.82. The van der Waals surface area contributed by atoms with Crippen LogP contribution in [0.1, 0.15) is 34.6 Å². The SMILES string of the molecule is CCN(CC)C(=O)CNC(=O)OC(C)(C)C. The maximum Gasteiger partial charge on any atom is 0.408 e. The van der Waals surface area contributed by atoms with E-state index in [0.29, 0.717) is 13.1 Å². The fraction of sp³-hybridized carbons (Fsp3) is 0.818. The molecule has 1 N–H and O–H groups in total. The fourth-order valence-corrected chi connectivity index (χ4v) is 1.15. The summed E-state index contributed by atoms with van der Waals surface area (Å²) in [6.07, 6.45) is -0.562. The maximum absolute atomic E-state index is 11.5. The molecular formula is C11H22N2O3. The van der Waals surface area contributed by atoms with E-state index in [1.165, 1.54) is 0 Å². The Bertz CT molecular complexity index is 242. The van der Waals surface area contributed by atoms with Crippen LogP contribution in [-0.2, 0) is 9.53 Å². The number of carbonyl (C=O) groups is 2. The Balaban J connectivity index is 3.97. The Kier molecular flexibility index (Phi) is 5.85. The Hall–Kier alpha value is -1.26. The van der Waals surface area contributed by atoms with Gasteiger partial charge in [-0.3, -0.25) is 4.79 Å². The molecule has 5 heteroatoms. The van der Waals surface area contributed by atoms with Crippen LogP contribution in [0.25, 0.3) is 0 Å². The molecule has 0 aliphatic heterocycles. The second kappa shape index (κ2) is 6.35. The first-order valence-corrected chi connectivity index (χ1v) is 5.54. The van der Waals surface area contributed by atoms with Gasteiger partial charge in [-0.15, -0.1) is 0 Å². The van der Waals surface area contributed by atoms with Crippen molar-refractivity contribution in [1.29, 1.82) is 0 Å². The number of alkyl carbamates (subject to hydrolysis) is 1. The van der Waals surface area contributed by atoms with E-state index in [2.05, 4.69) is 5.32 Å². The number of hydrogen-bond donors (Lipinski definition) is 1. The van der Waals surface area contributed by atoms with Crippen LogP contribution in [-0.4, -0.2) is 42.1 Å². The summed E-state index contributed by atoms with van der Waals surface area (Å²) in [4.78, 5) is 24.4. The van der Waals surface area contributed by atoms with Gasteiger partial charge in [0.15, 0.2) is 0 Å². The first kappa shape index (κ1) is 14.7. The molecule has 0 radical (unpaired) electrons. The van der Waals surface area contributed by atoms with Crippen molar-refractivity contribution < 1.29 is 14.3 Å². The van der Waals surface area contributed by atoms with Crippen molar-refractivity contribution in [2.24, 2.45) is 0 Å². The van der Waals surface area contributed by atoms with Crippen LogP contribution in [0.2, 0.25) is 0 Å². The molecule has 0 heterocycles. The molecule has 5 nitrogen and oxygen atoms in total. The minimum Gasteiger partial charge on any atom is -0.444 e. The van der Waals surface area contributed by atoms with Crippen LogP contribution in [0.15, 0.2) is 0 Å². The second-order valence-electron chi connectivity index (χ2n) is 4.42. The highest BCUT2D eigenvalue weighted by Gasteiger charge is 2.17. The summed E-state index contributed by atoms with van der Waals surface area (Å²) in [5.41, 5.74) is -0.539. The van der Waals surface area contributed by atoms with Gasteiger partial charge >= 0.3 is 6.09 Å². The molecular weight excluding hydrogens is 208 g/mol. The molecule has 0 aromatic rings. The predicted octanol–water partition coefficient (Wildman–Crippen LogP) is 1.38. The molecule has 0 spiro atoms. The van der Waals surface area contributed by atoms with E-state index in [4.69, 9.17) is 4.74 Å². The molecule has 0 atom stereocenters. The zero-order valence-corrected chi connectivity index (χ0v) is 10.8. The normalized spacial score (nSPS) is 10.8. The third kappa shape index (κ3) is 6.27. The number of likely N-dealkylation sites (N-methyl/N-ethyl adjacent to an activating group) is 1. The van der Waals surface area contributed by atoms with Crippen LogP contribution in [0.4, 0.5) is 4.79 Å². The van der Waals surface area contributed by atoms with Crippen molar-refractivity contribution in [1.82, 2.24) is 10.2 Å². The van der Waals surface area contributed by atoms with Crippen LogP contribution in [0.5, 0.6) is 0 Å². The standard InChI is InChI=1S/C11H22N2O3/c1-6-13(7-2)9(14)8-12-10(15)16-11(3,4)5/h6-8H2,1-5H3,(H,12,15). The lowest BCUT2D eigenvalue weighted by Gasteiger charge is -2.21. The van der Waals surface area contributed by atoms with Crippen LogP contribution < -0.4 is 5.32 Å². The third-order valence-corrected chi connectivity index (χ3v) is 1.90.